The minimum Gasteiger partial charge on any atom is -0.497 e. The van der Waals surface area contributed by atoms with E-state index in [1.807, 2.05) is 18.2 Å². The molecule has 5 heteroatoms. The lowest BCUT2D eigenvalue weighted by molar-refractivity contribution is -0.143. The molecule has 1 aromatic carbocycles. The predicted molar refractivity (Wildman–Crippen MR) is 79.3 cm³/mol. The molecule has 1 N–H and O–H groups in total. The van der Waals surface area contributed by atoms with Crippen LogP contribution in [0.15, 0.2) is 18.2 Å². The normalized spacial score (nSPS) is 17.4. The van der Waals surface area contributed by atoms with Gasteiger partial charge in [-0.25, -0.2) is 0 Å². The van der Waals surface area contributed by atoms with Crippen molar-refractivity contribution in [1.82, 2.24) is 0 Å². The lowest BCUT2D eigenvalue weighted by atomic mass is 9.96. The van der Waals surface area contributed by atoms with Crippen LogP contribution in [0.3, 0.4) is 0 Å². The molecule has 1 heterocycles. The van der Waals surface area contributed by atoms with Gasteiger partial charge in [-0.05, 0) is 37.8 Å². The molecule has 0 radical (unpaired) electrons. The molecule has 1 atom stereocenters. The third kappa shape index (κ3) is 3.97. The van der Waals surface area contributed by atoms with Crippen LogP contribution in [-0.4, -0.2) is 25.6 Å². The predicted octanol–water partition coefficient (Wildman–Crippen LogP) is 2.54. The minimum atomic E-state index is -0.242. The number of esters is 1. The van der Waals surface area contributed by atoms with Crippen molar-refractivity contribution >= 4 is 17.6 Å². The molecule has 1 aliphatic rings. The molecule has 1 unspecified atom stereocenters. The van der Waals surface area contributed by atoms with Crippen LogP contribution >= 0.6 is 0 Å². The highest BCUT2D eigenvalue weighted by Gasteiger charge is 2.24. The number of hydrogen-bond donors (Lipinski definition) is 1. The Morgan fingerprint density at radius 1 is 1.43 bits per heavy atom. The summed E-state index contributed by atoms with van der Waals surface area (Å²) in [6.45, 7) is 2.15. The number of amides is 1. The fraction of sp³-hybridized carbons (Fsp3) is 0.500. The van der Waals surface area contributed by atoms with Crippen molar-refractivity contribution in [2.45, 2.75) is 32.6 Å². The monoisotopic (exact) mass is 291 g/mol. The van der Waals surface area contributed by atoms with E-state index in [1.54, 1.807) is 14.0 Å². The van der Waals surface area contributed by atoms with Gasteiger partial charge in [0.2, 0.25) is 5.91 Å². The third-order valence-corrected chi connectivity index (χ3v) is 3.71. The van der Waals surface area contributed by atoms with E-state index in [9.17, 15) is 9.59 Å². The van der Waals surface area contributed by atoms with Crippen LogP contribution < -0.4 is 10.1 Å². The minimum absolute atomic E-state index is 0.0358. The number of fused-ring (bicyclic) bond motifs is 1. The molecule has 0 aromatic heterocycles. The maximum absolute atomic E-state index is 12.2. The quantitative estimate of drug-likeness (QED) is 0.847. The highest BCUT2D eigenvalue weighted by molar-refractivity contribution is 5.94. The van der Waals surface area contributed by atoms with Crippen LogP contribution in [-0.2, 0) is 20.7 Å². The molecule has 2 rings (SSSR count). The van der Waals surface area contributed by atoms with E-state index >= 15 is 0 Å². The summed E-state index contributed by atoms with van der Waals surface area (Å²) in [7, 11) is 1.60. The Kier molecular flexibility index (Phi) is 5.20. The number of methoxy groups -OCH3 is 1. The zero-order valence-corrected chi connectivity index (χ0v) is 12.5. The van der Waals surface area contributed by atoms with Crippen LogP contribution in [0.4, 0.5) is 5.69 Å². The summed E-state index contributed by atoms with van der Waals surface area (Å²) in [5, 5.41) is 2.93. The fourth-order valence-electron chi connectivity index (χ4n) is 2.51. The Hall–Kier alpha value is -2.04. The molecule has 0 saturated carbocycles. The first-order chi connectivity index (χ1) is 10.1. The second-order valence-electron chi connectivity index (χ2n) is 5.09. The van der Waals surface area contributed by atoms with E-state index in [0.29, 0.717) is 13.0 Å². The molecule has 0 spiro atoms. The molecule has 114 valence electrons. The van der Waals surface area contributed by atoms with Crippen LogP contribution in [0.25, 0.3) is 0 Å². The summed E-state index contributed by atoms with van der Waals surface area (Å²) in [6, 6.07) is 5.70. The van der Waals surface area contributed by atoms with Crippen molar-refractivity contribution in [1.29, 1.82) is 0 Å². The van der Waals surface area contributed by atoms with Gasteiger partial charge in [-0.15, -0.1) is 0 Å². The molecule has 0 aliphatic carbocycles. The molecule has 5 nitrogen and oxygen atoms in total. The largest absolute Gasteiger partial charge is 0.497 e. The Balaban J connectivity index is 2.00. The van der Waals surface area contributed by atoms with Crippen molar-refractivity contribution in [2.24, 2.45) is 5.92 Å². The van der Waals surface area contributed by atoms with Crippen molar-refractivity contribution in [3.63, 3.8) is 0 Å². The summed E-state index contributed by atoms with van der Waals surface area (Å²) in [5.74, 6) is 0.284. The van der Waals surface area contributed by atoms with E-state index in [-0.39, 0.29) is 24.2 Å². The number of carbonyl (C=O) groups is 2. The molecule has 1 aromatic rings. The smallest absolute Gasteiger partial charge is 0.305 e. The SMILES string of the molecule is CCOC(=O)CCC1CCc2ccc(OC)cc2NC1=O. The highest BCUT2D eigenvalue weighted by atomic mass is 16.5. The van der Waals surface area contributed by atoms with Crippen molar-refractivity contribution in [2.75, 3.05) is 19.0 Å². The van der Waals surface area contributed by atoms with E-state index in [2.05, 4.69) is 5.32 Å². The van der Waals surface area contributed by atoms with Gasteiger partial charge in [0.25, 0.3) is 0 Å². The van der Waals surface area contributed by atoms with Crippen LogP contribution in [0, 0.1) is 5.92 Å². The zero-order chi connectivity index (χ0) is 15.2. The van der Waals surface area contributed by atoms with Crippen molar-refractivity contribution < 1.29 is 19.1 Å². The number of hydrogen-bond acceptors (Lipinski definition) is 4. The highest BCUT2D eigenvalue weighted by Crippen LogP contribution is 2.29. The van der Waals surface area contributed by atoms with Crippen molar-refractivity contribution in [3.05, 3.63) is 23.8 Å². The van der Waals surface area contributed by atoms with Gasteiger partial charge in [-0.2, -0.15) is 0 Å². The van der Waals surface area contributed by atoms with Gasteiger partial charge in [0, 0.05) is 24.1 Å². The van der Waals surface area contributed by atoms with Gasteiger partial charge in [0.1, 0.15) is 5.75 Å². The Bertz CT molecular complexity index is 527. The number of aryl methyl sites for hydroxylation is 1. The fourth-order valence-corrected chi connectivity index (χ4v) is 2.51. The van der Waals surface area contributed by atoms with E-state index in [1.165, 1.54) is 0 Å². The number of nitrogens with one attached hydrogen (secondary N) is 1. The molecule has 0 bridgehead atoms. The van der Waals surface area contributed by atoms with Gasteiger partial charge in [0.05, 0.1) is 13.7 Å². The standard InChI is InChI=1S/C16H21NO4/c1-3-21-15(18)9-7-12-5-4-11-6-8-13(20-2)10-14(11)17-16(12)19/h6,8,10,12H,3-5,7,9H2,1-2H3,(H,17,19). The lowest BCUT2D eigenvalue weighted by Gasteiger charge is -2.12. The average Bonchev–Trinajstić information content (AvgIpc) is 2.63. The van der Waals surface area contributed by atoms with E-state index in [4.69, 9.17) is 9.47 Å². The number of carbonyl (C=O) groups excluding carboxylic acids is 2. The maximum Gasteiger partial charge on any atom is 0.305 e. The van der Waals surface area contributed by atoms with Gasteiger partial charge in [-0.3, -0.25) is 9.59 Å². The van der Waals surface area contributed by atoms with Crippen molar-refractivity contribution in [3.8, 4) is 5.75 Å². The number of ether oxygens (including phenoxy) is 2. The first kappa shape index (κ1) is 15.4. The summed E-state index contributed by atoms with van der Waals surface area (Å²) < 4.78 is 10.1. The van der Waals surface area contributed by atoms with Gasteiger partial charge in [-0.1, -0.05) is 6.07 Å². The van der Waals surface area contributed by atoms with Crippen LogP contribution in [0.2, 0.25) is 0 Å². The molecule has 21 heavy (non-hydrogen) atoms. The van der Waals surface area contributed by atoms with E-state index < -0.39 is 0 Å². The summed E-state index contributed by atoms with van der Waals surface area (Å²) >= 11 is 0. The summed E-state index contributed by atoms with van der Waals surface area (Å²) in [5.41, 5.74) is 1.90. The molecule has 1 amide bonds. The van der Waals surface area contributed by atoms with Gasteiger partial charge < -0.3 is 14.8 Å². The molecule has 0 saturated heterocycles. The Morgan fingerprint density at radius 2 is 2.24 bits per heavy atom. The third-order valence-electron chi connectivity index (χ3n) is 3.71. The second-order valence-corrected chi connectivity index (χ2v) is 5.09. The summed E-state index contributed by atoms with van der Waals surface area (Å²) in [6.07, 6.45) is 2.36. The molecule has 1 aliphatic heterocycles. The first-order valence-electron chi connectivity index (χ1n) is 7.27. The Labute approximate surface area is 124 Å². The van der Waals surface area contributed by atoms with Gasteiger partial charge >= 0.3 is 5.97 Å². The number of rotatable bonds is 5. The lowest BCUT2D eigenvalue weighted by Crippen LogP contribution is -2.22. The first-order valence-corrected chi connectivity index (χ1v) is 7.27. The van der Waals surface area contributed by atoms with Gasteiger partial charge in [0.15, 0.2) is 0 Å². The zero-order valence-electron chi connectivity index (χ0n) is 12.5. The second kappa shape index (κ2) is 7.11. The average molecular weight is 291 g/mol. The topological polar surface area (TPSA) is 64.6 Å². The number of anilines is 1. The molecular formula is C16H21NO4. The molecular weight excluding hydrogens is 270 g/mol. The van der Waals surface area contributed by atoms with E-state index in [0.717, 1.165) is 29.8 Å². The van der Waals surface area contributed by atoms with Crippen LogP contribution in [0.5, 0.6) is 5.75 Å². The molecule has 0 fully saturated rings. The number of benzene rings is 1. The van der Waals surface area contributed by atoms with Crippen LogP contribution in [0.1, 0.15) is 31.7 Å². The Morgan fingerprint density at radius 3 is 2.95 bits per heavy atom. The maximum atomic E-state index is 12.2. The summed E-state index contributed by atoms with van der Waals surface area (Å²) in [4.78, 5) is 23.7.